The lowest BCUT2D eigenvalue weighted by molar-refractivity contribution is 0.358. The van der Waals surface area contributed by atoms with Gasteiger partial charge in [0.1, 0.15) is 0 Å². The van der Waals surface area contributed by atoms with Gasteiger partial charge in [-0.2, -0.15) is 0 Å². The minimum atomic E-state index is 0.342. The van der Waals surface area contributed by atoms with Crippen molar-refractivity contribution in [3.05, 3.63) is 0 Å². The van der Waals surface area contributed by atoms with E-state index in [2.05, 4.69) is 27.7 Å². The van der Waals surface area contributed by atoms with Crippen molar-refractivity contribution in [2.24, 2.45) is 11.8 Å². The zero-order chi connectivity index (χ0) is 9.56. The van der Waals surface area contributed by atoms with Crippen molar-refractivity contribution in [2.45, 2.75) is 58.8 Å². The van der Waals surface area contributed by atoms with E-state index < -0.39 is 0 Å². The molecule has 0 rings (SSSR count). The van der Waals surface area contributed by atoms with Crippen molar-refractivity contribution >= 4 is 11.6 Å². The molecule has 3 atom stereocenters. The Balaban J connectivity index is 3.69. The van der Waals surface area contributed by atoms with Crippen molar-refractivity contribution in [3.8, 4) is 0 Å². The Hall–Kier alpha value is 0.290. The number of rotatable bonds is 6. The van der Waals surface area contributed by atoms with E-state index >= 15 is 0 Å². The maximum atomic E-state index is 6.09. The molecule has 0 saturated carbocycles. The summed E-state index contributed by atoms with van der Waals surface area (Å²) in [5.41, 5.74) is 0. The predicted octanol–water partition coefficient (Wildman–Crippen LogP) is 4.47. The van der Waals surface area contributed by atoms with Gasteiger partial charge in [0.2, 0.25) is 0 Å². The molecule has 0 radical (unpaired) electrons. The largest absolute Gasteiger partial charge is 0.123 e. The Bertz CT molecular complexity index is 99.2. The first-order valence-corrected chi connectivity index (χ1v) is 5.69. The topological polar surface area (TPSA) is 0 Å². The average molecular weight is 191 g/mol. The summed E-state index contributed by atoms with van der Waals surface area (Å²) in [5.74, 6) is 1.56. The molecular formula is C11H23Cl. The summed E-state index contributed by atoms with van der Waals surface area (Å²) in [6.45, 7) is 8.95. The Morgan fingerprint density at radius 1 is 1.17 bits per heavy atom. The Morgan fingerprint density at radius 3 is 2.08 bits per heavy atom. The third-order valence-corrected chi connectivity index (χ3v) is 3.02. The van der Waals surface area contributed by atoms with Crippen LogP contribution in [0.2, 0.25) is 0 Å². The number of halogens is 1. The van der Waals surface area contributed by atoms with E-state index in [1.54, 1.807) is 0 Å². The molecule has 0 saturated heterocycles. The number of hydrogen-bond donors (Lipinski definition) is 0. The quantitative estimate of drug-likeness (QED) is 0.543. The second-order valence-corrected chi connectivity index (χ2v) is 4.66. The second kappa shape index (κ2) is 6.77. The van der Waals surface area contributed by atoms with Crippen LogP contribution in [0.25, 0.3) is 0 Å². The van der Waals surface area contributed by atoms with Gasteiger partial charge >= 0.3 is 0 Å². The summed E-state index contributed by atoms with van der Waals surface area (Å²) in [6.07, 6.45) is 5.17. The van der Waals surface area contributed by atoms with E-state index in [-0.39, 0.29) is 0 Å². The summed E-state index contributed by atoms with van der Waals surface area (Å²) in [4.78, 5) is 0. The van der Waals surface area contributed by atoms with E-state index in [1.807, 2.05) is 0 Å². The van der Waals surface area contributed by atoms with Crippen molar-refractivity contribution < 1.29 is 0 Å². The fourth-order valence-corrected chi connectivity index (χ4v) is 2.09. The molecule has 0 heterocycles. The first kappa shape index (κ1) is 12.3. The van der Waals surface area contributed by atoms with Gasteiger partial charge in [0, 0.05) is 5.38 Å². The van der Waals surface area contributed by atoms with Crippen LogP contribution < -0.4 is 0 Å². The zero-order valence-corrected chi connectivity index (χ0v) is 9.69. The molecule has 12 heavy (non-hydrogen) atoms. The molecule has 0 bridgehead atoms. The van der Waals surface area contributed by atoms with Gasteiger partial charge in [0.05, 0.1) is 0 Å². The normalized spacial score (nSPS) is 18.8. The van der Waals surface area contributed by atoms with Gasteiger partial charge in [0.25, 0.3) is 0 Å². The predicted molar refractivity (Wildman–Crippen MR) is 57.8 cm³/mol. The Morgan fingerprint density at radius 2 is 1.75 bits per heavy atom. The molecule has 0 aromatic carbocycles. The molecule has 0 amide bonds. The maximum Gasteiger partial charge on any atom is 0.0336 e. The van der Waals surface area contributed by atoms with E-state index in [1.165, 1.54) is 25.7 Å². The van der Waals surface area contributed by atoms with Crippen molar-refractivity contribution in [2.75, 3.05) is 0 Å². The van der Waals surface area contributed by atoms with Crippen molar-refractivity contribution in [3.63, 3.8) is 0 Å². The van der Waals surface area contributed by atoms with Gasteiger partial charge in [-0.05, 0) is 25.2 Å². The number of hydrogen-bond acceptors (Lipinski definition) is 0. The van der Waals surface area contributed by atoms with Gasteiger partial charge < -0.3 is 0 Å². The minimum absolute atomic E-state index is 0.342. The van der Waals surface area contributed by atoms with Gasteiger partial charge in [-0.25, -0.2) is 0 Å². The highest BCUT2D eigenvalue weighted by atomic mass is 35.5. The summed E-state index contributed by atoms with van der Waals surface area (Å²) in [5, 5.41) is 0.342. The van der Waals surface area contributed by atoms with Gasteiger partial charge in [-0.1, -0.05) is 40.0 Å². The SMILES string of the molecule is CCCC(C)CC(CC)C(C)Cl. The van der Waals surface area contributed by atoms with Crippen LogP contribution in [0.3, 0.4) is 0 Å². The molecule has 0 aliphatic heterocycles. The summed E-state index contributed by atoms with van der Waals surface area (Å²) < 4.78 is 0. The molecule has 0 fully saturated rings. The standard InChI is InChI=1S/C11H23Cl/c1-5-7-9(3)8-11(6-2)10(4)12/h9-11H,5-8H2,1-4H3. The third kappa shape index (κ3) is 5.03. The van der Waals surface area contributed by atoms with E-state index in [0.29, 0.717) is 11.3 Å². The maximum absolute atomic E-state index is 6.09. The molecule has 0 nitrogen and oxygen atoms in total. The Labute approximate surface area is 82.7 Å². The summed E-state index contributed by atoms with van der Waals surface area (Å²) in [6, 6.07) is 0. The van der Waals surface area contributed by atoms with E-state index in [4.69, 9.17) is 11.6 Å². The average Bonchev–Trinajstić information content (AvgIpc) is 2.00. The third-order valence-electron chi connectivity index (χ3n) is 2.66. The molecule has 0 aliphatic rings. The zero-order valence-electron chi connectivity index (χ0n) is 8.94. The van der Waals surface area contributed by atoms with Crippen LogP contribution in [-0.2, 0) is 0 Å². The molecule has 0 N–H and O–H groups in total. The van der Waals surface area contributed by atoms with Crippen LogP contribution in [0.4, 0.5) is 0 Å². The summed E-state index contributed by atoms with van der Waals surface area (Å²) in [7, 11) is 0. The highest BCUT2D eigenvalue weighted by Crippen LogP contribution is 2.24. The van der Waals surface area contributed by atoms with Gasteiger partial charge in [0.15, 0.2) is 0 Å². The molecular weight excluding hydrogens is 168 g/mol. The first-order chi connectivity index (χ1) is 5.61. The first-order valence-electron chi connectivity index (χ1n) is 5.25. The molecule has 0 spiro atoms. The minimum Gasteiger partial charge on any atom is -0.123 e. The molecule has 0 aliphatic carbocycles. The monoisotopic (exact) mass is 190 g/mol. The lowest BCUT2D eigenvalue weighted by Crippen LogP contribution is -2.14. The highest BCUT2D eigenvalue weighted by Gasteiger charge is 2.15. The molecule has 74 valence electrons. The smallest absolute Gasteiger partial charge is 0.0336 e. The molecule has 0 aromatic rings. The fourth-order valence-electron chi connectivity index (χ4n) is 1.81. The second-order valence-electron chi connectivity index (χ2n) is 3.98. The molecule has 1 heteroatoms. The molecule has 3 unspecified atom stereocenters. The summed E-state index contributed by atoms with van der Waals surface area (Å²) >= 11 is 6.09. The van der Waals surface area contributed by atoms with E-state index in [9.17, 15) is 0 Å². The van der Waals surface area contributed by atoms with Crippen LogP contribution in [0.15, 0.2) is 0 Å². The highest BCUT2D eigenvalue weighted by molar-refractivity contribution is 6.20. The van der Waals surface area contributed by atoms with Crippen LogP contribution >= 0.6 is 11.6 Å². The lowest BCUT2D eigenvalue weighted by atomic mass is 9.89. The van der Waals surface area contributed by atoms with Gasteiger partial charge in [-0.3, -0.25) is 0 Å². The van der Waals surface area contributed by atoms with Crippen molar-refractivity contribution in [1.82, 2.24) is 0 Å². The fraction of sp³-hybridized carbons (Fsp3) is 1.00. The van der Waals surface area contributed by atoms with Crippen LogP contribution in [0.1, 0.15) is 53.4 Å². The Kier molecular flexibility index (Phi) is 6.93. The van der Waals surface area contributed by atoms with Gasteiger partial charge in [-0.15, -0.1) is 11.6 Å². The lowest BCUT2D eigenvalue weighted by Gasteiger charge is -2.21. The number of alkyl halides is 1. The van der Waals surface area contributed by atoms with Crippen molar-refractivity contribution in [1.29, 1.82) is 0 Å². The van der Waals surface area contributed by atoms with Crippen LogP contribution in [-0.4, -0.2) is 5.38 Å². The van der Waals surface area contributed by atoms with Crippen LogP contribution in [0, 0.1) is 11.8 Å². The molecule has 0 aromatic heterocycles. The van der Waals surface area contributed by atoms with E-state index in [0.717, 1.165) is 5.92 Å². The van der Waals surface area contributed by atoms with Crippen LogP contribution in [0.5, 0.6) is 0 Å².